The van der Waals surface area contributed by atoms with Crippen molar-refractivity contribution in [3.63, 3.8) is 0 Å². The molecule has 0 fully saturated rings. The van der Waals surface area contributed by atoms with Crippen LogP contribution in [0.5, 0.6) is 0 Å². The lowest BCUT2D eigenvalue weighted by molar-refractivity contribution is -0.154. The van der Waals surface area contributed by atoms with E-state index in [4.69, 9.17) is 9.47 Å². The number of hydrogen-bond acceptors (Lipinski definition) is 4. The van der Waals surface area contributed by atoms with E-state index in [1.807, 2.05) is 20.8 Å². The first-order valence-electron chi connectivity index (χ1n) is 23.4. The van der Waals surface area contributed by atoms with Crippen molar-refractivity contribution in [1.29, 1.82) is 0 Å². The van der Waals surface area contributed by atoms with Crippen LogP contribution >= 0.6 is 0 Å². The Morgan fingerprint density at radius 3 is 0.924 bits per heavy atom. The predicted molar refractivity (Wildman–Crippen MR) is 276 cm³/mol. The van der Waals surface area contributed by atoms with E-state index in [1.165, 1.54) is 76.5 Å². The summed E-state index contributed by atoms with van der Waals surface area (Å²) in [5, 5.41) is 9.63. The Hall–Kier alpha value is -7.04. The molecule has 0 aliphatic rings. The maximum atomic E-state index is 12.5. The fraction of sp³-hybridized carbons (Fsp3) is 0.226. The molecule has 9 rings (SSSR count). The lowest BCUT2D eigenvalue weighted by Crippen LogP contribution is -2.23. The number of rotatable bonds is 12. The number of carbonyl (C=O) groups excluding carboxylic acids is 2. The highest BCUT2D eigenvalue weighted by Gasteiger charge is 2.21. The van der Waals surface area contributed by atoms with Gasteiger partial charge in [-0.3, -0.25) is 9.59 Å². The van der Waals surface area contributed by atoms with Gasteiger partial charge < -0.3 is 9.47 Å². The molecule has 0 N–H and O–H groups in total. The quantitative estimate of drug-likeness (QED) is 0.0907. The van der Waals surface area contributed by atoms with E-state index >= 15 is 0 Å². The summed E-state index contributed by atoms with van der Waals surface area (Å²) in [6.45, 7) is 12.6. The second-order valence-electron chi connectivity index (χ2n) is 19.8. The first-order chi connectivity index (χ1) is 31.8. The van der Waals surface area contributed by atoms with Gasteiger partial charge in [0.2, 0.25) is 0 Å². The SMILES string of the molecule is CC(C)(C)CCOC(=O)CCc1ccc(-c2c3ccccc3c(-c3ccc(-c4c5ccccc5c(-c5ccc(CCC(=O)OC(C)(C)C)cc5)c5ccccc45)cc3)c3ccccc23)cc1. The highest BCUT2D eigenvalue weighted by molar-refractivity contribution is 6.23. The van der Waals surface area contributed by atoms with E-state index in [0.29, 0.717) is 32.3 Å². The third kappa shape index (κ3) is 9.51. The highest BCUT2D eigenvalue weighted by Crippen LogP contribution is 2.46. The molecule has 0 aliphatic heterocycles. The van der Waals surface area contributed by atoms with Gasteiger partial charge in [0.05, 0.1) is 6.61 Å². The normalized spacial score (nSPS) is 12.0. The zero-order valence-electron chi connectivity index (χ0n) is 39.0. The maximum Gasteiger partial charge on any atom is 0.306 e. The van der Waals surface area contributed by atoms with Crippen LogP contribution in [0.2, 0.25) is 0 Å². The molecular weight excluding hydrogens is 809 g/mol. The van der Waals surface area contributed by atoms with Crippen LogP contribution in [0.1, 0.15) is 71.9 Å². The van der Waals surface area contributed by atoms with Crippen LogP contribution in [0.25, 0.3) is 87.6 Å². The zero-order chi connectivity index (χ0) is 46.0. The zero-order valence-corrected chi connectivity index (χ0v) is 39.0. The molecule has 0 saturated heterocycles. The van der Waals surface area contributed by atoms with Gasteiger partial charge in [-0.05, 0) is 144 Å². The molecule has 0 amide bonds. The fourth-order valence-electron chi connectivity index (χ4n) is 9.41. The number of carbonyl (C=O) groups is 2. The Kier molecular flexibility index (Phi) is 12.3. The third-order valence-electron chi connectivity index (χ3n) is 12.6. The molecule has 0 heterocycles. The van der Waals surface area contributed by atoms with Crippen molar-refractivity contribution in [2.75, 3.05) is 6.61 Å². The van der Waals surface area contributed by atoms with Crippen LogP contribution in [-0.4, -0.2) is 24.1 Å². The van der Waals surface area contributed by atoms with E-state index in [2.05, 4.69) is 191 Å². The summed E-state index contributed by atoms with van der Waals surface area (Å²) in [7, 11) is 0. The average Bonchev–Trinajstić information content (AvgIpc) is 3.31. The number of aryl methyl sites for hydroxylation is 2. The summed E-state index contributed by atoms with van der Waals surface area (Å²) in [6.07, 6.45) is 2.85. The van der Waals surface area contributed by atoms with Crippen molar-refractivity contribution >= 4 is 55.0 Å². The first-order valence-corrected chi connectivity index (χ1v) is 23.4. The molecule has 4 heteroatoms. The minimum absolute atomic E-state index is 0.137. The van der Waals surface area contributed by atoms with Gasteiger partial charge in [-0.2, -0.15) is 0 Å². The maximum absolute atomic E-state index is 12.5. The molecule has 4 nitrogen and oxygen atoms in total. The van der Waals surface area contributed by atoms with E-state index in [0.717, 1.165) is 28.7 Å². The van der Waals surface area contributed by atoms with Gasteiger partial charge in [0.15, 0.2) is 0 Å². The van der Waals surface area contributed by atoms with Gasteiger partial charge in [0.25, 0.3) is 0 Å². The van der Waals surface area contributed by atoms with Crippen molar-refractivity contribution in [2.45, 2.75) is 79.2 Å². The van der Waals surface area contributed by atoms with E-state index in [-0.39, 0.29) is 17.4 Å². The van der Waals surface area contributed by atoms with E-state index in [1.54, 1.807) is 0 Å². The molecule has 330 valence electrons. The Labute approximate surface area is 389 Å². The van der Waals surface area contributed by atoms with Crippen molar-refractivity contribution in [3.8, 4) is 44.5 Å². The average molecular weight is 867 g/mol. The smallest absolute Gasteiger partial charge is 0.306 e. The number of benzene rings is 9. The van der Waals surface area contributed by atoms with Crippen LogP contribution in [0.15, 0.2) is 170 Å². The van der Waals surface area contributed by atoms with Crippen molar-refractivity contribution < 1.29 is 19.1 Å². The monoisotopic (exact) mass is 866 g/mol. The molecule has 9 aromatic carbocycles. The second kappa shape index (κ2) is 18.4. The molecule has 0 spiro atoms. The molecule has 66 heavy (non-hydrogen) atoms. The predicted octanol–water partition coefficient (Wildman–Crippen LogP) is 16.2. The molecule has 0 aliphatic carbocycles. The molecule has 0 bridgehead atoms. The topological polar surface area (TPSA) is 52.6 Å². The highest BCUT2D eigenvalue weighted by atomic mass is 16.6. The van der Waals surface area contributed by atoms with E-state index < -0.39 is 5.60 Å². The number of ether oxygens (including phenoxy) is 2. The Morgan fingerprint density at radius 2 is 0.652 bits per heavy atom. The van der Waals surface area contributed by atoms with Crippen molar-refractivity contribution in [2.24, 2.45) is 5.41 Å². The summed E-state index contributed by atoms with van der Waals surface area (Å²) in [5.74, 6) is -0.318. The number of fused-ring (bicyclic) bond motifs is 4. The van der Waals surface area contributed by atoms with Crippen LogP contribution in [0.3, 0.4) is 0 Å². The van der Waals surface area contributed by atoms with Crippen molar-refractivity contribution in [3.05, 3.63) is 181 Å². The summed E-state index contributed by atoms with van der Waals surface area (Å²) in [4.78, 5) is 25.0. The van der Waals surface area contributed by atoms with Gasteiger partial charge in [0.1, 0.15) is 5.60 Å². The standard InChI is InChI=1S/C62H58O4/c1-61(2,3)39-40-65-55(63)37-27-41-23-29-43(30-24-41)57-47-15-7-11-19-51(47)59(52-20-12-8-16-48(52)57)45-33-35-46(36-34-45)60-53-21-13-9-17-49(53)58(50-18-10-14-22-54(50)60)44-31-25-42(26-32-44)28-38-56(64)66-62(4,5)6/h7-26,29-36H,27-28,37-40H2,1-6H3. The fourth-order valence-corrected chi connectivity index (χ4v) is 9.41. The van der Waals surface area contributed by atoms with Gasteiger partial charge in [-0.1, -0.05) is 191 Å². The molecule has 0 atom stereocenters. The molecule has 0 aromatic heterocycles. The van der Waals surface area contributed by atoms with Crippen LogP contribution in [0.4, 0.5) is 0 Å². The summed E-state index contributed by atoms with van der Waals surface area (Å²) >= 11 is 0. The van der Waals surface area contributed by atoms with Crippen LogP contribution < -0.4 is 0 Å². The van der Waals surface area contributed by atoms with Gasteiger partial charge in [0, 0.05) is 12.8 Å². The lowest BCUT2D eigenvalue weighted by Gasteiger charge is -2.20. The summed E-state index contributed by atoms with van der Waals surface area (Å²) < 4.78 is 11.1. The van der Waals surface area contributed by atoms with Crippen LogP contribution in [-0.2, 0) is 31.9 Å². The number of hydrogen-bond donors (Lipinski definition) is 0. The molecule has 9 aromatic rings. The Balaban J connectivity index is 1.05. The summed E-state index contributed by atoms with van der Waals surface area (Å²) in [6, 6.07) is 61.6. The van der Waals surface area contributed by atoms with Crippen LogP contribution in [0, 0.1) is 5.41 Å². The largest absolute Gasteiger partial charge is 0.466 e. The lowest BCUT2D eigenvalue weighted by atomic mass is 9.84. The Morgan fingerprint density at radius 1 is 0.379 bits per heavy atom. The molecule has 0 radical (unpaired) electrons. The van der Waals surface area contributed by atoms with Gasteiger partial charge >= 0.3 is 11.9 Å². The number of esters is 2. The van der Waals surface area contributed by atoms with Gasteiger partial charge in [-0.25, -0.2) is 0 Å². The first kappa shape index (κ1) is 44.2. The second-order valence-corrected chi connectivity index (χ2v) is 19.8. The molecule has 0 saturated carbocycles. The summed E-state index contributed by atoms with van der Waals surface area (Å²) in [5.41, 5.74) is 11.4. The van der Waals surface area contributed by atoms with Crippen molar-refractivity contribution in [1.82, 2.24) is 0 Å². The molecule has 0 unspecified atom stereocenters. The molecular formula is C62H58O4. The van der Waals surface area contributed by atoms with Gasteiger partial charge in [-0.15, -0.1) is 0 Å². The minimum atomic E-state index is -0.489. The Bertz CT molecular complexity index is 3100. The van der Waals surface area contributed by atoms with E-state index in [9.17, 15) is 9.59 Å². The minimum Gasteiger partial charge on any atom is -0.466 e. The third-order valence-corrected chi connectivity index (χ3v) is 12.6.